The fourth-order valence-corrected chi connectivity index (χ4v) is 3.04. The monoisotopic (exact) mass is 425 g/mol. The molecule has 1 N–H and O–H groups in total. The van der Waals surface area contributed by atoms with Crippen molar-refractivity contribution in [3.05, 3.63) is 65.7 Å². The number of carbonyl (C=O) groups excluding carboxylic acids is 3. The van der Waals surface area contributed by atoms with E-state index in [1.807, 2.05) is 0 Å². The summed E-state index contributed by atoms with van der Waals surface area (Å²) in [5.41, 5.74) is 0.704. The Morgan fingerprint density at radius 2 is 1.87 bits per heavy atom. The highest BCUT2D eigenvalue weighted by Crippen LogP contribution is 2.35. The van der Waals surface area contributed by atoms with Gasteiger partial charge in [-0.2, -0.15) is 0 Å². The number of ether oxygens (including phenoxy) is 3. The molecule has 2 aromatic rings. The first-order valence-corrected chi connectivity index (χ1v) is 9.71. The number of imide groups is 1. The molecule has 0 bridgehead atoms. The van der Waals surface area contributed by atoms with E-state index < -0.39 is 23.9 Å². The molecule has 1 aliphatic rings. The second-order valence-electron chi connectivity index (χ2n) is 6.80. The zero-order valence-electron chi connectivity index (χ0n) is 17.3. The Balaban J connectivity index is 1.88. The molecule has 8 heteroatoms. The second-order valence-corrected chi connectivity index (χ2v) is 6.80. The lowest BCUT2D eigenvalue weighted by Gasteiger charge is -2.17. The van der Waals surface area contributed by atoms with Crippen LogP contribution in [0.15, 0.2) is 49.1 Å². The fourth-order valence-electron chi connectivity index (χ4n) is 3.04. The molecule has 31 heavy (non-hydrogen) atoms. The standard InChI is InChI=1S/C23H23NO7/c1-4-10-30-20-12-15(7-9-19(20)29-3)24-21(26)17-8-6-14(11-18(17)22(24)27)23(28)31-13-16(25)5-2/h4,6-9,11-12,16,25H,1,5,10,13H2,2-3H3. The van der Waals surface area contributed by atoms with Gasteiger partial charge < -0.3 is 19.3 Å². The van der Waals surface area contributed by atoms with Crippen LogP contribution in [0.1, 0.15) is 44.4 Å². The van der Waals surface area contributed by atoms with Gasteiger partial charge in [0.25, 0.3) is 11.8 Å². The van der Waals surface area contributed by atoms with Crippen molar-refractivity contribution in [3.8, 4) is 11.5 Å². The van der Waals surface area contributed by atoms with E-state index in [4.69, 9.17) is 14.2 Å². The number of hydrogen-bond acceptors (Lipinski definition) is 7. The van der Waals surface area contributed by atoms with Crippen LogP contribution in [-0.4, -0.2) is 49.3 Å². The summed E-state index contributed by atoms with van der Waals surface area (Å²) in [4.78, 5) is 39.1. The Morgan fingerprint density at radius 1 is 1.13 bits per heavy atom. The molecule has 1 heterocycles. The van der Waals surface area contributed by atoms with Crippen LogP contribution in [0.5, 0.6) is 11.5 Å². The maximum atomic E-state index is 13.0. The lowest BCUT2D eigenvalue weighted by atomic mass is 10.1. The molecule has 0 saturated heterocycles. The van der Waals surface area contributed by atoms with E-state index >= 15 is 0 Å². The van der Waals surface area contributed by atoms with Crippen molar-refractivity contribution in [1.82, 2.24) is 0 Å². The summed E-state index contributed by atoms with van der Waals surface area (Å²) in [5.74, 6) is -0.959. The highest BCUT2D eigenvalue weighted by Gasteiger charge is 2.37. The molecule has 3 rings (SSSR count). The van der Waals surface area contributed by atoms with Crippen molar-refractivity contribution in [3.63, 3.8) is 0 Å². The van der Waals surface area contributed by atoms with E-state index in [1.165, 1.54) is 31.4 Å². The maximum Gasteiger partial charge on any atom is 0.338 e. The predicted molar refractivity (Wildman–Crippen MR) is 113 cm³/mol. The molecular weight excluding hydrogens is 402 g/mol. The van der Waals surface area contributed by atoms with Crippen molar-refractivity contribution in [1.29, 1.82) is 0 Å². The van der Waals surface area contributed by atoms with E-state index in [9.17, 15) is 19.5 Å². The van der Waals surface area contributed by atoms with Crippen LogP contribution in [0.2, 0.25) is 0 Å². The van der Waals surface area contributed by atoms with Gasteiger partial charge in [0.05, 0.1) is 35.6 Å². The normalized spacial score (nSPS) is 13.6. The summed E-state index contributed by atoms with van der Waals surface area (Å²) < 4.78 is 15.9. The van der Waals surface area contributed by atoms with Crippen molar-refractivity contribution in [2.75, 3.05) is 25.2 Å². The van der Waals surface area contributed by atoms with Gasteiger partial charge in [0, 0.05) is 6.07 Å². The Hall–Kier alpha value is -3.65. The lowest BCUT2D eigenvalue weighted by molar-refractivity contribution is 0.0250. The first-order chi connectivity index (χ1) is 14.9. The van der Waals surface area contributed by atoms with Crippen LogP contribution in [0, 0.1) is 0 Å². The van der Waals surface area contributed by atoms with E-state index in [1.54, 1.807) is 25.1 Å². The number of methoxy groups -OCH3 is 1. The number of rotatable bonds is 9. The Labute approximate surface area is 179 Å². The van der Waals surface area contributed by atoms with Crippen molar-refractivity contribution in [2.24, 2.45) is 0 Å². The Kier molecular flexibility index (Phi) is 6.71. The summed E-state index contributed by atoms with van der Waals surface area (Å²) in [6.07, 6.45) is 1.25. The molecular formula is C23H23NO7. The molecule has 0 aliphatic carbocycles. The average molecular weight is 425 g/mol. The summed E-state index contributed by atoms with van der Waals surface area (Å²) >= 11 is 0. The number of nitrogens with zero attached hydrogens (tertiary/aromatic N) is 1. The molecule has 1 unspecified atom stereocenters. The van der Waals surface area contributed by atoms with Crippen LogP contribution in [0.25, 0.3) is 0 Å². The third-order valence-electron chi connectivity index (χ3n) is 4.76. The van der Waals surface area contributed by atoms with Gasteiger partial charge in [-0.25, -0.2) is 9.69 Å². The number of esters is 1. The molecule has 0 saturated carbocycles. The largest absolute Gasteiger partial charge is 0.493 e. The highest BCUT2D eigenvalue weighted by molar-refractivity contribution is 6.34. The minimum Gasteiger partial charge on any atom is -0.493 e. The first-order valence-electron chi connectivity index (χ1n) is 9.71. The van der Waals surface area contributed by atoms with E-state index in [2.05, 4.69) is 6.58 Å². The summed E-state index contributed by atoms with van der Waals surface area (Å²) in [5, 5.41) is 9.55. The van der Waals surface area contributed by atoms with Crippen LogP contribution < -0.4 is 14.4 Å². The Morgan fingerprint density at radius 3 is 2.55 bits per heavy atom. The van der Waals surface area contributed by atoms with Gasteiger partial charge in [-0.05, 0) is 36.8 Å². The van der Waals surface area contributed by atoms with E-state index in [0.29, 0.717) is 23.6 Å². The molecule has 0 spiro atoms. The smallest absolute Gasteiger partial charge is 0.338 e. The number of fused-ring (bicyclic) bond motifs is 1. The van der Waals surface area contributed by atoms with Crippen LogP contribution in [0.3, 0.4) is 0 Å². The summed E-state index contributed by atoms with van der Waals surface area (Å²) in [6.45, 7) is 5.43. The van der Waals surface area contributed by atoms with Crippen molar-refractivity contribution in [2.45, 2.75) is 19.4 Å². The molecule has 0 fully saturated rings. The number of hydrogen-bond donors (Lipinski definition) is 1. The number of amides is 2. The SMILES string of the molecule is C=CCOc1cc(N2C(=O)c3ccc(C(=O)OCC(O)CC)cc3C2=O)ccc1OC. The van der Waals surface area contributed by atoms with Crippen LogP contribution >= 0.6 is 0 Å². The molecule has 1 aliphatic heterocycles. The molecule has 8 nitrogen and oxygen atoms in total. The van der Waals surface area contributed by atoms with Gasteiger partial charge in [0.2, 0.25) is 0 Å². The zero-order valence-corrected chi connectivity index (χ0v) is 17.3. The minimum absolute atomic E-state index is 0.0971. The van der Waals surface area contributed by atoms with Gasteiger partial charge in [-0.15, -0.1) is 0 Å². The second kappa shape index (κ2) is 9.44. The maximum absolute atomic E-state index is 13.0. The highest BCUT2D eigenvalue weighted by atomic mass is 16.5. The number of carbonyl (C=O) groups is 3. The topological polar surface area (TPSA) is 102 Å². The molecule has 2 amide bonds. The first kappa shape index (κ1) is 22.0. The van der Waals surface area contributed by atoms with Gasteiger partial charge >= 0.3 is 5.97 Å². The van der Waals surface area contributed by atoms with Gasteiger partial charge in [-0.1, -0.05) is 19.6 Å². The predicted octanol–water partition coefficient (Wildman–Crippen LogP) is 2.99. The molecule has 0 radical (unpaired) electrons. The Bertz CT molecular complexity index is 1030. The molecule has 2 aromatic carbocycles. The van der Waals surface area contributed by atoms with Crippen LogP contribution in [-0.2, 0) is 4.74 Å². The molecule has 1 atom stereocenters. The zero-order chi connectivity index (χ0) is 22.5. The van der Waals surface area contributed by atoms with Gasteiger partial charge in [-0.3, -0.25) is 9.59 Å². The molecule has 162 valence electrons. The summed E-state index contributed by atoms with van der Waals surface area (Å²) in [7, 11) is 1.48. The number of aliphatic hydroxyl groups is 1. The number of aliphatic hydroxyl groups excluding tert-OH is 1. The quantitative estimate of drug-likeness (QED) is 0.374. The van der Waals surface area contributed by atoms with E-state index in [-0.39, 0.29) is 29.9 Å². The van der Waals surface area contributed by atoms with Crippen molar-refractivity contribution >= 4 is 23.5 Å². The number of benzene rings is 2. The van der Waals surface area contributed by atoms with E-state index in [0.717, 1.165) is 4.90 Å². The third-order valence-corrected chi connectivity index (χ3v) is 4.76. The van der Waals surface area contributed by atoms with Crippen LogP contribution in [0.4, 0.5) is 5.69 Å². The third kappa shape index (κ3) is 4.44. The van der Waals surface area contributed by atoms with Gasteiger partial charge in [0.1, 0.15) is 13.2 Å². The van der Waals surface area contributed by atoms with Gasteiger partial charge in [0.15, 0.2) is 11.5 Å². The number of anilines is 1. The molecule has 0 aromatic heterocycles. The fraction of sp³-hybridized carbons (Fsp3) is 0.261. The minimum atomic E-state index is -0.760. The average Bonchev–Trinajstić information content (AvgIpc) is 3.04. The van der Waals surface area contributed by atoms with Crippen molar-refractivity contribution < 1.29 is 33.7 Å². The lowest BCUT2D eigenvalue weighted by Crippen LogP contribution is -2.29. The summed E-state index contributed by atoms with van der Waals surface area (Å²) in [6, 6.07) is 8.86.